The van der Waals surface area contributed by atoms with Crippen LogP contribution in [0.15, 0.2) is 28.7 Å². The van der Waals surface area contributed by atoms with Crippen LogP contribution in [0.5, 0.6) is 0 Å². The van der Waals surface area contributed by atoms with Gasteiger partial charge in [-0.05, 0) is 43.5 Å². The van der Waals surface area contributed by atoms with Crippen molar-refractivity contribution in [2.24, 2.45) is 5.92 Å². The molecule has 0 radical (unpaired) electrons. The van der Waals surface area contributed by atoms with Crippen LogP contribution in [0.4, 0.5) is 0 Å². The summed E-state index contributed by atoms with van der Waals surface area (Å²) in [5.74, 6) is 0.598. The van der Waals surface area contributed by atoms with Gasteiger partial charge in [0.25, 0.3) is 5.91 Å². The Bertz CT molecular complexity index is 351. The topological polar surface area (TPSA) is 29.1 Å². The fourth-order valence-corrected chi connectivity index (χ4v) is 1.94. The number of hydrogen-bond donors (Lipinski definition) is 1. The molecule has 0 unspecified atom stereocenters. The molecule has 0 heterocycles. The van der Waals surface area contributed by atoms with E-state index in [1.54, 1.807) is 0 Å². The van der Waals surface area contributed by atoms with Gasteiger partial charge in [0.05, 0.1) is 0 Å². The predicted octanol–water partition coefficient (Wildman–Crippen LogP) is 3.73. The van der Waals surface area contributed by atoms with Gasteiger partial charge in [-0.1, -0.05) is 29.8 Å². The Morgan fingerprint density at radius 1 is 1.24 bits per heavy atom. The van der Waals surface area contributed by atoms with E-state index in [-0.39, 0.29) is 25.4 Å². The molecule has 0 bridgehead atoms. The lowest BCUT2D eigenvalue weighted by Gasteiger charge is -2.15. The van der Waals surface area contributed by atoms with Gasteiger partial charge < -0.3 is 5.32 Å². The van der Waals surface area contributed by atoms with Gasteiger partial charge in [0.2, 0.25) is 0 Å². The van der Waals surface area contributed by atoms with Crippen LogP contribution < -0.4 is 5.32 Å². The quantitative estimate of drug-likeness (QED) is 0.900. The first-order valence-corrected chi connectivity index (χ1v) is 6.34. The van der Waals surface area contributed by atoms with Crippen molar-refractivity contribution in [3.8, 4) is 0 Å². The Labute approximate surface area is 119 Å². The monoisotopic (exact) mass is 317 g/mol. The molecule has 96 valence electrons. The van der Waals surface area contributed by atoms with Crippen LogP contribution in [-0.2, 0) is 0 Å². The summed E-state index contributed by atoms with van der Waals surface area (Å²) in [4.78, 5) is 11.8. The number of carbonyl (C=O) groups excluding carboxylic acids is 1. The third-order valence-corrected chi connectivity index (χ3v) is 2.84. The van der Waals surface area contributed by atoms with Gasteiger partial charge in [-0.15, -0.1) is 0 Å². The molecule has 0 saturated carbocycles. The van der Waals surface area contributed by atoms with Gasteiger partial charge in [-0.2, -0.15) is 13.5 Å². The minimum atomic E-state index is 0. The first-order valence-electron chi connectivity index (χ1n) is 5.55. The van der Waals surface area contributed by atoms with Gasteiger partial charge in [0, 0.05) is 16.1 Å². The molecule has 4 heteroatoms. The molecule has 1 amide bonds. The number of halogens is 1. The number of hydrogen-bond acceptors (Lipinski definition) is 1. The summed E-state index contributed by atoms with van der Waals surface area (Å²) in [5, 5.41) is 2.99. The molecule has 0 spiro atoms. The third kappa shape index (κ3) is 6.13. The van der Waals surface area contributed by atoms with Gasteiger partial charge in [0.1, 0.15) is 0 Å². The number of nitrogens with one attached hydrogen (secondary N) is 1. The van der Waals surface area contributed by atoms with Crippen LogP contribution >= 0.6 is 29.4 Å². The van der Waals surface area contributed by atoms with Crippen molar-refractivity contribution < 1.29 is 4.79 Å². The minimum absolute atomic E-state index is 0. The van der Waals surface area contributed by atoms with E-state index in [1.807, 2.05) is 31.2 Å². The van der Waals surface area contributed by atoms with Gasteiger partial charge >= 0.3 is 0 Å². The van der Waals surface area contributed by atoms with E-state index in [0.717, 1.165) is 10.9 Å². The highest BCUT2D eigenvalue weighted by molar-refractivity contribution is 9.10. The first kappa shape index (κ1) is 16.5. The molecule has 2 nitrogen and oxygen atoms in total. The van der Waals surface area contributed by atoms with Crippen molar-refractivity contribution in [1.29, 1.82) is 0 Å². The summed E-state index contributed by atoms with van der Waals surface area (Å²) in [6.45, 7) is 6.35. The zero-order valence-corrected chi connectivity index (χ0v) is 13.0. The normalized spacial score (nSPS) is 11.8. The fourth-order valence-electron chi connectivity index (χ4n) is 1.67. The highest BCUT2D eigenvalue weighted by Crippen LogP contribution is 2.11. The first-order chi connectivity index (χ1) is 7.49. The SMILES string of the molecule is CC(C)C[C@H](C)NC(=O)c1ccc(Br)cc1.S. The van der Waals surface area contributed by atoms with Crippen LogP contribution in [0.3, 0.4) is 0 Å². The lowest BCUT2D eigenvalue weighted by Crippen LogP contribution is -2.33. The van der Waals surface area contributed by atoms with Crippen molar-refractivity contribution in [2.75, 3.05) is 0 Å². The Morgan fingerprint density at radius 2 is 1.76 bits per heavy atom. The molecule has 1 N–H and O–H groups in total. The van der Waals surface area contributed by atoms with E-state index in [9.17, 15) is 4.79 Å². The fraction of sp³-hybridized carbons (Fsp3) is 0.462. The van der Waals surface area contributed by atoms with Gasteiger partial charge in [0.15, 0.2) is 0 Å². The van der Waals surface area contributed by atoms with Crippen molar-refractivity contribution in [2.45, 2.75) is 33.2 Å². The van der Waals surface area contributed by atoms with E-state index in [2.05, 4.69) is 35.1 Å². The maximum Gasteiger partial charge on any atom is 0.251 e. The zero-order chi connectivity index (χ0) is 12.1. The summed E-state index contributed by atoms with van der Waals surface area (Å²) in [6.07, 6.45) is 1.00. The zero-order valence-electron chi connectivity index (χ0n) is 10.5. The highest BCUT2D eigenvalue weighted by atomic mass is 79.9. The summed E-state index contributed by atoms with van der Waals surface area (Å²) >= 11 is 3.35. The molecule has 1 atom stereocenters. The molecular weight excluding hydrogens is 298 g/mol. The van der Waals surface area contributed by atoms with Crippen molar-refractivity contribution >= 4 is 35.3 Å². The minimum Gasteiger partial charge on any atom is -0.350 e. The second-order valence-corrected chi connectivity index (χ2v) is 5.43. The predicted molar refractivity (Wildman–Crippen MR) is 80.9 cm³/mol. The van der Waals surface area contributed by atoms with Crippen LogP contribution in [0.25, 0.3) is 0 Å². The molecule has 0 aliphatic heterocycles. The Morgan fingerprint density at radius 3 is 2.24 bits per heavy atom. The molecule has 0 saturated heterocycles. The van der Waals surface area contributed by atoms with Gasteiger partial charge in [-0.3, -0.25) is 4.79 Å². The van der Waals surface area contributed by atoms with E-state index >= 15 is 0 Å². The van der Waals surface area contributed by atoms with E-state index in [0.29, 0.717) is 11.5 Å². The van der Waals surface area contributed by atoms with Gasteiger partial charge in [-0.25, -0.2) is 0 Å². The maximum atomic E-state index is 11.8. The maximum absolute atomic E-state index is 11.8. The summed E-state index contributed by atoms with van der Waals surface area (Å²) in [7, 11) is 0. The molecular formula is C13H20BrNOS. The number of benzene rings is 1. The highest BCUT2D eigenvalue weighted by Gasteiger charge is 2.10. The van der Waals surface area contributed by atoms with E-state index in [4.69, 9.17) is 0 Å². The Balaban J connectivity index is 0.00000256. The Hall–Kier alpha value is -0.480. The van der Waals surface area contributed by atoms with Crippen LogP contribution in [0.2, 0.25) is 0 Å². The molecule has 0 fully saturated rings. The number of amides is 1. The van der Waals surface area contributed by atoms with Crippen LogP contribution in [0.1, 0.15) is 37.6 Å². The number of rotatable bonds is 4. The standard InChI is InChI=1S/C13H18BrNO.H2S/c1-9(2)8-10(3)15-13(16)11-4-6-12(14)7-5-11;/h4-7,9-10H,8H2,1-3H3,(H,15,16);1H2/t10-;/m0./s1. The molecule has 0 aliphatic rings. The van der Waals surface area contributed by atoms with E-state index in [1.165, 1.54) is 0 Å². The van der Waals surface area contributed by atoms with Crippen LogP contribution in [-0.4, -0.2) is 11.9 Å². The average molecular weight is 318 g/mol. The average Bonchev–Trinajstić information content (AvgIpc) is 2.16. The van der Waals surface area contributed by atoms with Crippen molar-refractivity contribution in [3.05, 3.63) is 34.3 Å². The number of carbonyl (C=O) groups is 1. The summed E-state index contributed by atoms with van der Waals surface area (Å²) < 4.78 is 0.985. The van der Waals surface area contributed by atoms with Crippen molar-refractivity contribution in [3.63, 3.8) is 0 Å². The molecule has 1 aromatic carbocycles. The van der Waals surface area contributed by atoms with Crippen LogP contribution in [0, 0.1) is 5.92 Å². The Kier molecular flexibility index (Phi) is 7.55. The second kappa shape index (κ2) is 7.77. The van der Waals surface area contributed by atoms with Crippen molar-refractivity contribution in [1.82, 2.24) is 5.32 Å². The molecule has 17 heavy (non-hydrogen) atoms. The largest absolute Gasteiger partial charge is 0.350 e. The molecule has 1 rings (SSSR count). The lowest BCUT2D eigenvalue weighted by molar-refractivity contribution is 0.0936. The smallest absolute Gasteiger partial charge is 0.251 e. The van der Waals surface area contributed by atoms with E-state index < -0.39 is 0 Å². The summed E-state index contributed by atoms with van der Waals surface area (Å²) in [5.41, 5.74) is 0.707. The molecule has 0 aliphatic carbocycles. The molecule has 0 aromatic heterocycles. The second-order valence-electron chi connectivity index (χ2n) is 4.51. The lowest BCUT2D eigenvalue weighted by atomic mass is 10.0. The summed E-state index contributed by atoms with van der Waals surface area (Å²) in [6, 6.07) is 7.61. The molecule has 1 aromatic rings. The third-order valence-electron chi connectivity index (χ3n) is 2.31.